The number of carbonyl (C=O) groups excluding carboxylic acids is 3. The third-order valence-corrected chi connectivity index (χ3v) is 5.20. The third kappa shape index (κ3) is 13.9. The number of unbranched alkanes of at least 4 members (excludes halogenated alkanes) is 4. The van der Waals surface area contributed by atoms with Crippen molar-refractivity contribution in [1.82, 2.24) is 4.90 Å². The van der Waals surface area contributed by atoms with Crippen LogP contribution in [0.3, 0.4) is 0 Å². The summed E-state index contributed by atoms with van der Waals surface area (Å²) < 4.78 is 15.3. The molecule has 1 aromatic carbocycles. The van der Waals surface area contributed by atoms with Gasteiger partial charge in [-0.3, -0.25) is 9.59 Å². The maximum Gasteiger partial charge on any atom is 0.410 e. The molecule has 0 fully saturated rings. The number of ether oxygens (including phenoxy) is 3. The smallest absolute Gasteiger partial charge is 0.410 e. The third-order valence-electron chi connectivity index (χ3n) is 5.20. The largest absolute Gasteiger partial charge is 0.469 e. The highest BCUT2D eigenvalue weighted by Gasteiger charge is 2.22. The SMILES string of the molecule is CCOC(=O)CCCc1cccc(CN(CCCCCCCC(=O)OC)C(=O)OC(C)(C)C)c1. The van der Waals surface area contributed by atoms with Crippen LogP contribution in [-0.2, 0) is 36.8 Å². The molecule has 0 bridgehead atoms. The summed E-state index contributed by atoms with van der Waals surface area (Å²) in [7, 11) is 1.41. The number of aryl methyl sites for hydroxylation is 1. The zero-order valence-corrected chi connectivity index (χ0v) is 21.7. The first kappa shape index (κ1) is 29.5. The molecule has 0 aliphatic rings. The van der Waals surface area contributed by atoms with Gasteiger partial charge in [0.15, 0.2) is 0 Å². The number of esters is 2. The molecule has 0 aliphatic heterocycles. The minimum atomic E-state index is -0.557. The second kappa shape index (κ2) is 16.1. The average molecular weight is 478 g/mol. The first-order chi connectivity index (χ1) is 16.1. The first-order valence-electron chi connectivity index (χ1n) is 12.4. The monoisotopic (exact) mass is 477 g/mol. The van der Waals surface area contributed by atoms with Crippen LogP contribution >= 0.6 is 0 Å². The Morgan fingerprint density at radius 1 is 0.882 bits per heavy atom. The Hall–Kier alpha value is -2.57. The summed E-state index contributed by atoms with van der Waals surface area (Å²) in [6.45, 7) is 8.91. The Kier molecular flexibility index (Phi) is 14.0. The van der Waals surface area contributed by atoms with E-state index in [4.69, 9.17) is 9.47 Å². The molecule has 0 atom stereocenters. The van der Waals surface area contributed by atoms with Gasteiger partial charge in [0.05, 0.1) is 13.7 Å². The Morgan fingerprint density at radius 3 is 2.21 bits per heavy atom. The van der Waals surface area contributed by atoms with Crippen molar-refractivity contribution in [3.8, 4) is 0 Å². The Morgan fingerprint density at radius 2 is 1.53 bits per heavy atom. The molecule has 1 amide bonds. The second-order valence-corrected chi connectivity index (χ2v) is 9.47. The van der Waals surface area contributed by atoms with Crippen LogP contribution in [0.5, 0.6) is 0 Å². The standard InChI is InChI=1S/C27H43NO6/c1-6-33-25(30)18-13-15-22-14-12-16-23(20-22)21-28(26(31)34-27(2,3)4)19-11-9-7-8-10-17-24(29)32-5/h12,14,16,20H,6-11,13,15,17-19,21H2,1-5H3. The van der Waals surface area contributed by atoms with Crippen LogP contribution in [0.2, 0.25) is 0 Å². The molecule has 0 unspecified atom stereocenters. The van der Waals surface area contributed by atoms with Crippen molar-refractivity contribution in [3.05, 3.63) is 35.4 Å². The summed E-state index contributed by atoms with van der Waals surface area (Å²) in [5.74, 6) is -0.334. The van der Waals surface area contributed by atoms with Crippen molar-refractivity contribution in [1.29, 1.82) is 0 Å². The van der Waals surface area contributed by atoms with Gasteiger partial charge in [0.25, 0.3) is 0 Å². The van der Waals surface area contributed by atoms with Gasteiger partial charge >= 0.3 is 18.0 Å². The normalized spacial score (nSPS) is 11.1. The maximum atomic E-state index is 12.8. The number of methoxy groups -OCH3 is 1. The predicted octanol–water partition coefficient (Wildman–Crippen LogP) is 5.82. The van der Waals surface area contributed by atoms with E-state index in [0.717, 1.165) is 56.1 Å². The minimum absolute atomic E-state index is 0.167. The maximum absolute atomic E-state index is 12.8. The van der Waals surface area contributed by atoms with Crippen LogP contribution in [0.4, 0.5) is 4.79 Å². The number of nitrogens with zero attached hydrogens (tertiary/aromatic N) is 1. The minimum Gasteiger partial charge on any atom is -0.469 e. The van der Waals surface area contributed by atoms with Crippen LogP contribution in [0.25, 0.3) is 0 Å². The topological polar surface area (TPSA) is 82.1 Å². The fraction of sp³-hybridized carbons (Fsp3) is 0.667. The lowest BCUT2D eigenvalue weighted by molar-refractivity contribution is -0.143. The van der Waals surface area contributed by atoms with Crippen LogP contribution in [0, 0.1) is 0 Å². The predicted molar refractivity (Wildman–Crippen MR) is 132 cm³/mol. The molecule has 34 heavy (non-hydrogen) atoms. The van der Waals surface area contributed by atoms with E-state index in [2.05, 4.69) is 10.8 Å². The van der Waals surface area contributed by atoms with Gasteiger partial charge in [-0.1, -0.05) is 43.5 Å². The van der Waals surface area contributed by atoms with Crippen LogP contribution in [0.1, 0.15) is 90.2 Å². The highest BCUT2D eigenvalue weighted by Crippen LogP contribution is 2.16. The molecular weight excluding hydrogens is 434 g/mol. The van der Waals surface area contributed by atoms with Gasteiger partial charge in [0.1, 0.15) is 5.60 Å². The highest BCUT2D eigenvalue weighted by molar-refractivity contribution is 5.69. The molecule has 0 saturated carbocycles. The van der Waals surface area contributed by atoms with Crippen molar-refractivity contribution in [2.24, 2.45) is 0 Å². The van der Waals surface area contributed by atoms with Gasteiger partial charge in [-0.15, -0.1) is 0 Å². The molecule has 7 heteroatoms. The molecule has 1 aromatic rings. The van der Waals surface area contributed by atoms with E-state index in [9.17, 15) is 14.4 Å². The molecule has 0 N–H and O–H groups in total. The molecule has 0 aliphatic carbocycles. The molecule has 1 rings (SSSR count). The van der Waals surface area contributed by atoms with E-state index in [1.54, 1.807) is 4.90 Å². The van der Waals surface area contributed by atoms with E-state index in [-0.39, 0.29) is 18.0 Å². The van der Waals surface area contributed by atoms with Crippen LogP contribution < -0.4 is 0 Å². The molecule has 0 heterocycles. The number of rotatable bonds is 15. The van der Waals surface area contributed by atoms with Gasteiger partial charge in [-0.05, 0) is 64.5 Å². The van der Waals surface area contributed by atoms with Gasteiger partial charge in [0.2, 0.25) is 0 Å². The van der Waals surface area contributed by atoms with E-state index >= 15 is 0 Å². The average Bonchev–Trinajstić information content (AvgIpc) is 2.76. The van der Waals surface area contributed by atoms with Crippen molar-refractivity contribution in [2.75, 3.05) is 20.3 Å². The summed E-state index contributed by atoms with van der Waals surface area (Å²) in [6.07, 6.45) is 6.71. The molecule has 0 spiro atoms. The fourth-order valence-electron chi connectivity index (χ4n) is 3.54. The summed E-state index contributed by atoms with van der Waals surface area (Å²) in [6, 6.07) is 8.14. The quantitative estimate of drug-likeness (QED) is 0.180. The lowest BCUT2D eigenvalue weighted by Crippen LogP contribution is -2.37. The van der Waals surface area contributed by atoms with Gasteiger partial charge in [-0.2, -0.15) is 0 Å². The van der Waals surface area contributed by atoms with Crippen LogP contribution in [-0.4, -0.2) is 48.8 Å². The lowest BCUT2D eigenvalue weighted by atomic mass is 10.0. The summed E-state index contributed by atoms with van der Waals surface area (Å²) in [5.41, 5.74) is 1.62. The van der Waals surface area contributed by atoms with Crippen molar-refractivity contribution < 1.29 is 28.6 Å². The number of carbonyl (C=O) groups is 3. The summed E-state index contributed by atoms with van der Waals surface area (Å²) in [4.78, 5) is 37.3. The Bertz CT molecular complexity index is 756. The molecule has 0 saturated heterocycles. The van der Waals surface area contributed by atoms with Gasteiger partial charge in [0, 0.05) is 25.9 Å². The number of benzene rings is 1. The lowest BCUT2D eigenvalue weighted by Gasteiger charge is -2.27. The number of hydrogen-bond donors (Lipinski definition) is 0. The molecule has 192 valence electrons. The van der Waals surface area contributed by atoms with Crippen molar-refractivity contribution in [3.63, 3.8) is 0 Å². The Balaban J connectivity index is 2.61. The van der Waals surface area contributed by atoms with Crippen molar-refractivity contribution in [2.45, 2.75) is 97.6 Å². The fourth-order valence-corrected chi connectivity index (χ4v) is 3.54. The van der Waals surface area contributed by atoms with Crippen LogP contribution in [0.15, 0.2) is 24.3 Å². The van der Waals surface area contributed by atoms with E-state index in [1.807, 2.05) is 45.9 Å². The molecule has 0 radical (unpaired) electrons. The highest BCUT2D eigenvalue weighted by atomic mass is 16.6. The zero-order valence-electron chi connectivity index (χ0n) is 21.7. The molecule has 7 nitrogen and oxygen atoms in total. The summed E-state index contributed by atoms with van der Waals surface area (Å²) >= 11 is 0. The first-order valence-corrected chi connectivity index (χ1v) is 12.4. The number of amides is 1. The second-order valence-electron chi connectivity index (χ2n) is 9.47. The summed E-state index contributed by atoms with van der Waals surface area (Å²) in [5, 5.41) is 0. The van der Waals surface area contributed by atoms with E-state index in [1.165, 1.54) is 7.11 Å². The van der Waals surface area contributed by atoms with Crippen molar-refractivity contribution >= 4 is 18.0 Å². The van der Waals surface area contributed by atoms with E-state index < -0.39 is 5.60 Å². The molecular formula is C27H43NO6. The Labute approximate surface area is 205 Å². The van der Waals surface area contributed by atoms with E-state index in [0.29, 0.717) is 32.5 Å². The van der Waals surface area contributed by atoms with Gasteiger partial charge < -0.3 is 19.1 Å². The van der Waals surface area contributed by atoms with Gasteiger partial charge in [-0.25, -0.2) is 4.79 Å². The number of hydrogen-bond acceptors (Lipinski definition) is 6. The zero-order chi connectivity index (χ0) is 25.4. The molecule has 0 aromatic heterocycles.